The molecule has 0 saturated heterocycles. The maximum Gasteiger partial charge on any atom is 0.263 e. The number of nitrogen functional groups attached to an aromatic ring is 1. The molecule has 0 aliphatic heterocycles. The van der Waals surface area contributed by atoms with Crippen molar-refractivity contribution in [2.24, 2.45) is 0 Å². The van der Waals surface area contributed by atoms with Gasteiger partial charge < -0.3 is 5.73 Å². The monoisotopic (exact) mass is 193 g/mol. The molecule has 12 heavy (non-hydrogen) atoms. The fourth-order valence-corrected chi connectivity index (χ4v) is 0.835. The van der Waals surface area contributed by atoms with Crippen LogP contribution < -0.4 is 5.73 Å². The number of nitrogens with two attached hydrogens (primary N) is 1. The Morgan fingerprint density at radius 3 is 2.33 bits per heavy atom. The Balaban J connectivity index is 0.00000121. The summed E-state index contributed by atoms with van der Waals surface area (Å²) in [4.78, 5) is 0. The number of rotatable bonds is 1. The predicted molar refractivity (Wildman–Crippen MR) is 47.8 cm³/mol. The first kappa shape index (κ1) is 11.2. The van der Waals surface area contributed by atoms with E-state index in [0.717, 1.165) is 0 Å². The lowest BCUT2D eigenvalue weighted by molar-refractivity contribution is 0.151. The third-order valence-corrected chi connectivity index (χ3v) is 1.55. The van der Waals surface area contributed by atoms with Crippen molar-refractivity contribution in [1.29, 1.82) is 0 Å². The van der Waals surface area contributed by atoms with E-state index in [2.05, 4.69) is 0 Å². The zero-order valence-electron chi connectivity index (χ0n) is 6.55. The number of hydrogen-bond acceptors (Lipinski definition) is 1. The van der Waals surface area contributed by atoms with E-state index >= 15 is 0 Å². The fraction of sp³-hybridized carbons (Fsp3) is 0.250. The zero-order chi connectivity index (χ0) is 8.43. The molecule has 0 aliphatic carbocycles. The van der Waals surface area contributed by atoms with Crippen molar-refractivity contribution in [1.82, 2.24) is 0 Å². The summed E-state index contributed by atoms with van der Waals surface area (Å²) in [6, 6.07) is 4.24. The van der Waals surface area contributed by atoms with Crippen LogP contribution in [0.1, 0.15) is 17.6 Å². The Morgan fingerprint density at radius 1 is 1.33 bits per heavy atom. The van der Waals surface area contributed by atoms with Crippen LogP contribution in [0.4, 0.5) is 14.5 Å². The van der Waals surface area contributed by atoms with Crippen LogP contribution in [-0.4, -0.2) is 0 Å². The van der Waals surface area contributed by atoms with Crippen LogP contribution in [-0.2, 0) is 0 Å². The van der Waals surface area contributed by atoms with Crippen LogP contribution in [0.25, 0.3) is 0 Å². The van der Waals surface area contributed by atoms with E-state index in [1.54, 1.807) is 6.92 Å². The molecule has 0 amide bonds. The van der Waals surface area contributed by atoms with Gasteiger partial charge in [-0.2, -0.15) is 0 Å². The van der Waals surface area contributed by atoms with E-state index in [9.17, 15) is 8.78 Å². The summed E-state index contributed by atoms with van der Waals surface area (Å²) in [6.07, 6.45) is -2.41. The van der Waals surface area contributed by atoms with Gasteiger partial charge in [0, 0.05) is 11.3 Å². The van der Waals surface area contributed by atoms with Gasteiger partial charge in [0.05, 0.1) is 0 Å². The topological polar surface area (TPSA) is 26.0 Å². The molecule has 68 valence electrons. The maximum absolute atomic E-state index is 12.0. The van der Waals surface area contributed by atoms with Crippen LogP contribution in [0.3, 0.4) is 0 Å². The largest absolute Gasteiger partial charge is 0.399 e. The summed E-state index contributed by atoms with van der Waals surface area (Å²) < 4.78 is 24.1. The van der Waals surface area contributed by atoms with Crippen LogP contribution in [0.2, 0.25) is 0 Å². The lowest BCUT2D eigenvalue weighted by atomic mass is 10.1. The lowest BCUT2D eigenvalue weighted by Gasteiger charge is -2.02. The molecule has 0 aromatic heterocycles. The molecule has 1 nitrogen and oxygen atoms in total. The molecule has 0 aliphatic rings. The van der Waals surface area contributed by atoms with Crippen molar-refractivity contribution in [2.75, 3.05) is 5.73 Å². The van der Waals surface area contributed by atoms with Crippen LogP contribution in [0.15, 0.2) is 18.2 Å². The smallest absolute Gasteiger partial charge is 0.263 e. The van der Waals surface area contributed by atoms with Gasteiger partial charge in [-0.1, -0.05) is 6.07 Å². The number of alkyl halides is 2. The number of halogens is 3. The summed E-state index contributed by atoms with van der Waals surface area (Å²) in [5.41, 5.74) is 6.72. The van der Waals surface area contributed by atoms with Gasteiger partial charge in [0.25, 0.3) is 6.43 Å². The van der Waals surface area contributed by atoms with Gasteiger partial charge in [-0.25, -0.2) is 8.78 Å². The first-order valence-electron chi connectivity index (χ1n) is 3.25. The molecule has 1 rings (SSSR count). The second-order valence-corrected chi connectivity index (χ2v) is 2.42. The van der Waals surface area contributed by atoms with E-state index in [1.165, 1.54) is 18.2 Å². The molecule has 0 atom stereocenters. The Bertz CT molecular complexity index is 263. The van der Waals surface area contributed by atoms with E-state index in [-0.39, 0.29) is 18.0 Å². The minimum Gasteiger partial charge on any atom is -0.399 e. The van der Waals surface area contributed by atoms with Gasteiger partial charge in [-0.05, 0) is 24.6 Å². The molecule has 0 unspecified atom stereocenters. The molecule has 1 aromatic rings. The van der Waals surface area contributed by atoms with Crippen LogP contribution in [0, 0.1) is 6.92 Å². The van der Waals surface area contributed by atoms with Crippen molar-refractivity contribution in [3.8, 4) is 0 Å². The van der Waals surface area contributed by atoms with E-state index in [1.807, 2.05) is 0 Å². The van der Waals surface area contributed by atoms with E-state index in [0.29, 0.717) is 11.3 Å². The van der Waals surface area contributed by atoms with Crippen LogP contribution in [0.5, 0.6) is 0 Å². The van der Waals surface area contributed by atoms with Crippen molar-refractivity contribution in [3.05, 3.63) is 29.3 Å². The van der Waals surface area contributed by atoms with Crippen molar-refractivity contribution >= 4 is 18.1 Å². The number of aryl methyl sites for hydroxylation is 1. The SMILES string of the molecule is Cc1cc(C(F)F)ccc1N.Cl. The molecule has 0 fully saturated rings. The Kier molecular flexibility index (Phi) is 3.96. The summed E-state index contributed by atoms with van der Waals surface area (Å²) >= 11 is 0. The van der Waals surface area contributed by atoms with Crippen molar-refractivity contribution in [3.63, 3.8) is 0 Å². The first-order valence-corrected chi connectivity index (χ1v) is 3.25. The zero-order valence-corrected chi connectivity index (χ0v) is 7.37. The number of benzene rings is 1. The first-order chi connectivity index (χ1) is 5.11. The second kappa shape index (κ2) is 4.26. The van der Waals surface area contributed by atoms with E-state index < -0.39 is 6.43 Å². The van der Waals surface area contributed by atoms with Crippen molar-refractivity contribution in [2.45, 2.75) is 13.3 Å². The highest BCUT2D eigenvalue weighted by Crippen LogP contribution is 2.21. The van der Waals surface area contributed by atoms with Gasteiger partial charge >= 0.3 is 0 Å². The Hall–Kier alpha value is -0.830. The second-order valence-electron chi connectivity index (χ2n) is 2.42. The number of hydrogen-bond donors (Lipinski definition) is 1. The Labute approximate surface area is 76.0 Å². The van der Waals surface area contributed by atoms with Crippen molar-refractivity contribution < 1.29 is 8.78 Å². The quantitative estimate of drug-likeness (QED) is 0.682. The summed E-state index contributed by atoms with van der Waals surface area (Å²) in [7, 11) is 0. The summed E-state index contributed by atoms with van der Waals surface area (Å²) in [6.45, 7) is 1.71. The summed E-state index contributed by atoms with van der Waals surface area (Å²) in [5, 5.41) is 0. The highest BCUT2D eigenvalue weighted by Gasteiger charge is 2.06. The number of anilines is 1. The molecule has 0 saturated carbocycles. The van der Waals surface area contributed by atoms with Gasteiger partial charge in [0.15, 0.2) is 0 Å². The molecule has 0 spiro atoms. The normalized spacial score (nSPS) is 9.67. The molecule has 0 radical (unpaired) electrons. The highest BCUT2D eigenvalue weighted by molar-refractivity contribution is 5.85. The van der Waals surface area contributed by atoms with Crippen LogP contribution >= 0.6 is 12.4 Å². The molecule has 1 aromatic carbocycles. The molecule has 0 bridgehead atoms. The average molecular weight is 194 g/mol. The molecule has 4 heteroatoms. The molecular weight excluding hydrogens is 184 g/mol. The van der Waals surface area contributed by atoms with E-state index in [4.69, 9.17) is 5.73 Å². The van der Waals surface area contributed by atoms with Gasteiger partial charge in [-0.3, -0.25) is 0 Å². The predicted octanol–water partition coefficient (Wildman–Crippen LogP) is 2.94. The average Bonchev–Trinajstić information content (AvgIpc) is 1.94. The maximum atomic E-state index is 12.0. The standard InChI is InChI=1S/C8H9F2N.ClH/c1-5-4-6(8(9)10)2-3-7(5)11;/h2-4,8H,11H2,1H3;1H. The van der Waals surface area contributed by atoms with Gasteiger partial charge in [0.1, 0.15) is 0 Å². The lowest BCUT2D eigenvalue weighted by Crippen LogP contribution is -1.91. The fourth-order valence-electron chi connectivity index (χ4n) is 0.835. The minimum absolute atomic E-state index is 0. The third kappa shape index (κ3) is 2.34. The molecular formula is C8H10ClF2N. The highest BCUT2D eigenvalue weighted by atomic mass is 35.5. The van der Waals surface area contributed by atoms with Gasteiger partial charge in [0.2, 0.25) is 0 Å². The third-order valence-electron chi connectivity index (χ3n) is 1.55. The van der Waals surface area contributed by atoms with Gasteiger partial charge in [-0.15, -0.1) is 12.4 Å². The molecule has 0 heterocycles. The minimum atomic E-state index is -2.41. The molecule has 2 N–H and O–H groups in total. The Morgan fingerprint density at radius 2 is 1.92 bits per heavy atom. The summed E-state index contributed by atoms with van der Waals surface area (Å²) in [5.74, 6) is 0.